The molecule has 0 radical (unpaired) electrons. The third kappa shape index (κ3) is 2.93. The van der Waals surface area contributed by atoms with Gasteiger partial charge in [-0.2, -0.15) is 4.98 Å². The molecule has 0 saturated carbocycles. The number of nitrogens with one attached hydrogen (secondary N) is 1. The summed E-state index contributed by atoms with van der Waals surface area (Å²) < 4.78 is 32.0. The zero-order chi connectivity index (χ0) is 14.5. The second-order valence-electron chi connectivity index (χ2n) is 4.02. The highest BCUT2D eigenvalue weighted by Crippen LogP contribution is 2.28. The Kier molecular flexibility index (Phi) is 4.29. The van der Waals surface area contributed by atoms with Crippen LogP contribution in [0, 0.1) is 11.6 Å². The van der Waals surface area contributed by atoms with Gasteiger partial charge in [0.1, 0.15) is 12.0 Å². The fraction of sp³-hybridized carbons (Fsp3) is 0.231. The van der Waals surface area contributed by atoms with E-state index >= 15 is 0 Å². The minimum absolute atomic E-state index is 0.0585. The zero-order valence-electron chi connectivity index (χ0n) is 10.9. The van der Waals surface area contributed by atoms with E-state index in [4.69, 9.17) is 10.5 Å². The summed E-state index contributed by atoms with van der Waals surface area (Å²) >= 11 is 0. The van der Waals surface area contributed by atoms with Crippen molar-refractivity contribution >= 4 is 17.2 Å². The molecule has 0 spiro atoms. The second-order valence-corrected chi connectivity index (χ2v) is 4.02. The average molecular weight is 280 g/mol. The predicted molar refractivity (Wildman–Crippen MR) is 71.9 cm³/mol. The predicted octanol–water partition coefficient (Wildman–Crippen LogP) is 2.87. The van der Waals surface area contributed by atoms with E-state index < -0.39 is 11.6 Å². The van der Waals surface area contributed by atoms with E-state index in [0.29, 0.717) is 6.61 Å². The Morgan fingerprint density at radius 3 is 2.85 bits per heavy atom. The van der Waals surface area contributed by atoms with Crippen molar-refractivity contribution in [3.63, 3.8) is 0 Å². The van der Waals surface area contributed by atoms with Crippen molar-refractivity contribution in [2.45, 2.75) is 13.3 Å². The van der Waals surface area contributed by atoms with Crippen LogP contribution in [0.5, 0.6) is 5.88 Å². The van der Waals surface area contributed by atoms with Crippen molar-refractivity contribution in [2.24, 2.45) is 0 Å². The maximum Gasteiger partial charge on any atom is 0.242 e. The van der Waals surface area contributed by atoms with Crippen LogP contribution >= 0.6 is 0 Å². The number of nitrogens with two attached hydrogens (primary N) is 1. The molecule has 2 rings (SSSR count). The van der Waals surface area contributed by atoms with Gasteiger partial charge in [0, 0.05) is 0 Å². The van der Waals surface area contributed by atoms with Crippen LogP contribution in [-0.2, 0) is 0 Å². The van der Waals surface area contributed by atoms with Gasteiger partial charge in [0.2, 0.25) is 5.88 Å². The van der Waals surface area contributed by atoms with Crippen molar-refractivity contribution in [2.75, 3.05) is 17.7 Å². The van der Waals surface area contributed by atoms with Crippen molar-refractivity contribution in [1.29, 1.82) is 0 Å². The first-order valence-electron chi connectivity index (χ1n) is 6.07. The summed E-state index contributed by atoms with van der Waals surface area (Å²) in [5.41, 5.74) is 5.92. The van der Waals surface area contributed by atoms with E-state index in [0.717, 1.165) is 12.5 Å². The molecule has 0 saturated heterocycles. The lowest BCUT2D eigenvalue weighted by Gasteiger charge is -2.12. The summed E-state index contributed by atoms with van der Waals surface area (Å²) in [5, 5.41) is 2.63. The molecule has 0 atom stereocenters. The number of rotatable bonds is 5. The van der Waals surface area contributed by atoms with E-state index in [9.17, 15) is 8.78 Å². The number of halogens is 2. The van der Waals surface area contributed by atoms with Crippen LogP contribution in [0.4, 0.5) is 26.0 Å². The maximum atomic E-state index is 13.6. The van der Waals surface area contributed by atoms with E-state index in [1.807, 2.05) is 6.92 Å². The molecule has 3 N–H and O–H groups in total. The molecule has 1 heterocycles. The van der Waals surface area contributed by atoms with Gasteiger partial charge in [-0.15, -0.1) is 0 Å². The lowest BCUT2D eigenvalue weighted by molar-refractivity contribution is 0.307. The number of hydrogen-bond donors (Lipinski definition) is 2. The van der Waals surface area contributed by atoms with E-state index in [-0.39, 0.29) is 23.1 Å². The highest BCUT2D eigenvalue weighted by Gasteiger charge is 2.13. The Morgan fingerprint density at radius 2 is 2.10 bits per heavy atom. The van der Waals surface area contributed by atoms with Gasteiger partial charge in [0.15, 0.2) is 17.5 Å². The SMILES string of the molecule is CCCOc1ncnc(Nc2cccc(F)c2F)c1N. The molecule has 7 heteroatoms. The summed E-state index contributed by atoms with van der Waals surface area (Å²) in [7, 11) is 0. The summed E-state index contributed by atoms with van der Waals surface area (Å²) in [6.45, 7) is 2.40. The van der Waals surface area contributed by atoms with Crippen LogP contribution in [0.1, 0.15) is 13.3 Å². The van der Waals surface area contributed by atoms with Gasteiger partial charge in [0.25, 0.3) is 0 Å². The fourth-order valence-electron chi connectivity index (χ4n) is 1.52. The van der Waals surface area contributed by atoms with Crippen LogP contribution in [-0.4, -0.2) is 16.6 Å². The lowest BCUT2D eigenvalue weighted by atomic mass is 10.3. The van der Waals surface area contributed by atoms with Gasteiger partial charge in [-0.1, -0.05) is 13.0 Å². The lowest BCUT2D eigenvalue weighted by Crippen LogP contribution is -2.06. The molecule has 0 fully saturated rings. The molecule has 0 unspecified atom stereocenters. The number of ether oxygens (including phenoxy) is 1. The minimum Gasteiger partial charge on any atom is -0.476 e. The van der Waals surface area contributed by atoms with Gasteiger partial charge in [-0.05, 0) is 18.6 Å². The molecule has 0 bridgehead atoms. The molecule has 0 aliphatic rings. The normalized spacial score (nSPS) is 10.3. The molecular weight excluding hydrogens is 266 g/mol. The monoisotopic (exact) mass is 280 g/mol. The quantitative estimate of drug-likeness (QED) is 0.881. The first-order chi connectivity index (χ1) is 9.63. The van der Waals surface area contributed by atoms with Crippen LogP contribution in [0.25, 0.3) is 0 Å². The van der Waals surface area contributed by atoms with Crippen LogP contribution in [0.3, 0.4) is 0 Å². The number of anilines is 3. The molecule has 2 aromatic rings. The number of nitrogen functional groups attached to an aromatic ring is 1. The minimum atomic E-state index is -0.999. The number of nitrogens with zero attached hydrogens (tertiary/aromatic N) is 2. The largest absolute Gasteiger partial charge is 0.476 e. The third-order valence-electron chi connectivity index (χ3n) is 2.49. The topological polar surface area (TPSA) is 73.1 Å². The van der Waals surface area contributed by atoms with E-state index in [1.54, 1.807) is 0 Å². The second kappa shape index (κ2) is 6.14. The number of hydrogen-bond acceptors (Lipinski definition) is 5. The zero-order valence-corrected chi connectivity index (χ0v) is 10.9. The molecule has 20 heavy (non-hydrogen) atoms. The van der Waals surface area contributed by atoms with Crippen molar-refractivity contribution in [3.05, 3.63) is 36.2 Å². The molecule has 0 amide bonds. The van der Waals surface area contributed by atoms with Crippen LogP contribution in [0.2, 0.25) is 0 Å². The molecule has 0 aliphatic carbocycles. The first-order valence-corrected chi connectivity index (χ1v) is 6.07. The van der Waals surface area contributed by atoms with Gasteiger partial charge in [-0.25, -0.2) is 13.8 Å². The van der Waals surface area contributed by atoms with Crippen molar-refractivity contribution < 1.29 is 13.5 Å². The summed E-state index contributed by atoms with van der Waals surface area (Å²) in [4.78, 5) is 7.79. The fourth-order valence-corrected chi connectivity index (χ4v) is 1.52. The van der Waals surface area contributed by atoms with Crippen molar-refractivity contribution in [1.82, 2.24) is 9.97 Å². The van der Waals surface area contributed by atoms with E-state index in [1.165, 1.54) is 18.5 Å². The first kappa shape index (κ1) is 14.0. The van der Waals surface area contributed by atoms with Gasteiger partial charge >= 0.3 is 0 Å². The Bertz CT molecular complexity index is 607. The number of benzene rings is 1. The van der Waals surface area contributed by atoms with Gasteiger partial charge < -0.3 is 15.8 Å². The standard InChI is InChI=1S/C13H14F2N4O/c1-2-6-20-13-11(16)12(17-7-18-13)19-9-5-3-4-8(14)10(9)15/h3-5,7H,2,6,16H2,1H3,(H,17,18,19). The maximum absolute atomic E-state index is 13.6. The highest BCUT2D eigenvalue weighted by atomic mass is 19.2. The Balaban J connectivity index is 2.27. The molecule has 1 aromatic carbocycles. The number of aromatic nitrogens is 2. The molecule has 5 nitrogen and oxygen atoms in total. The highest BCUT2D eigenvalue weighted by molar-refractivity contribution is 5.72. The van der Waals surface area contributed by atoms with Gasteiger partial charge in [0.05, 0.1) is 12.3 Å². The molecule has 0 aliphatic heterocycles. The van der Waals surface area contributed by atoms with Crippen molar-refractivity contribution in [3.8, 4) is 5.88 Å². The average Bonchev–Trinajstić information content (AvgIpc) is 2.44. The van der Waals surface area contributed by atoms with Gasteiger partial charge in [-0.3, -0.25) is 0 Å². The summed E-state index contributed by atoms with van der Waals surface area (Å²) in [6, 6.07) is 3.79. The van der Waals surface area contributed by atoms with Crippen LogP contribution < -0.4 is 15.8 Å². The Hall–Kier alpha value is -2.44. The third-order valence-corrected chi connectivity index (χ3v) is 2.49. The Labute approximate surface area is 114 Å². The molecule has 106 valence electrons. The smallest absolute Gasteiger partial charge is 0.242 e. The summed E-state index contributed by atoms with van der Waals surface area (Å²) in [6.07, 6.45) is 2.03. The van der Waals surface area contributed by atoms with Crippen LogP contribution in [0.15, 0.2) is 24.5 Å². The molecular formula is C13H14F2N4O. The Morgan fingerprint density at radius 1 is 1.30 bits per heavy atom. The van der Waals surface area contributed by atoms with E-state index in [2.05, 4.69) is 15.3 Å². The molecule has 1 aromatic heterocycles. The summed E-state index contributed by atoms with van der Waals surface area (Å²) in [5.74, 6) is -1.58.